The zero-order valence-electron chi connectivity index (χ0n) is 16.4. The molecule has 0 spiro atoms. The molecule has 0 radical (unpaired) electrons. The number of fused-ring (bicyclic) bond motifs is 2. The van der Waals surface area contributed by atoms with Crippen molar-refractivity contribution in [1.82, 2.24) is 20.2 Å². The molecule has 0 bridgehead atoms. The number of benzene rings is 2. The van der Waals surface area contributed by atoms with Gasteiger partial charge in [-0.3, -0.25) is 9.89 Å². The topological polar surface area (TPSA) is 98.9 Å². The number of amides is 1. The number of aromatic nitrogens is 4. The molecular weight excluding hydrogens is 380 g/mol. The molecule has 3 N–H and O–H groups in total. The van der Waals surface area contributed by atoms with Gasteiger partial charge in [0, 0.05) is 35.8 Å². The zero-order valence-corrected chi connectivity index (χ0v) is 16.4. The van der Waals surface area contributed by atoms with Crippen LogP contribution in [0.25, 0.3) is 33.5 Å². The summed E-state index contributed by atoms with van der Waals surface area (Å²) in [5, 5.41) is 11.5. The van der Waals surface area contributed by atoms with E-state index in [0.29, 0.717) is 5.82 Å². The van der Waals surface area contributed by atoms with Crippen LogP contribution in [0.15, 0.2) is 36.4 Å². The van der Waals surface area contributed by atoms with Crippen molar-refractivity contribution in [1.29, 1.82) is 0 Å². The maximum atomic E-state index is 12.1. The minimum absolute atomic E-state index is 0.0961. The number of nitrogens with zero attached hydrogens (tertiary/aromatic N) is 3. The van der Waals surface area contributed by atoms with Gasteiger partial charge in [0.2, 0.25) is 5.91 Å². The Morgan fingerprint density at radius 2 is 1.93 bits per heavy atom. The number of rotatable bonds is 4. The first-order valence-corrected chi connectivity index (χ1v) is 10.4. The third-order valence-electron chi connectivity index (χ3n) is 5.85. The number of aromatic amines is 2. The number of anilines is 2. The third-order valence-corrected chi connectivity index (χ3v) is 5.85. The van der Waals surface area contributed by atoms with E-state index in [1.54, 1.807) is 0 Å². The first kappa shape index (κ1) is 17.5. The number of morpholine rings is 1. The van der Waals surface area contributed by atoms with Gasteiger partial charge in [-0.05, 0) is 49.2 Å². The van der Waals surface area contributed by atoms with Crippen LogP contribution in [-0.4, -0.2) is 52.4 Å². The molecule has 30 heavy (non-hydrogen) atoms. The Balaban J connectivity index is 1.35. The Kier molecular flexibility index (Phi) is 3.98. The van der Waals surface area contributed by atoms with Crippen LogP contribution >= 0.6 is 0 Å². The molecule has 1 amide bonds. The van der Waals surface area contributed by atoms with Crippen molar-refractivity contribution >= 4 is 39.2 Å². The van der Waals surface area contributed by atoms with Crippen LogP contribution in [0.2, 0.25) is 0 Å². The minimum Gasteiger partial charge on any atom is -0.378 e. The molecule has 3 heterocycles. The fourth-order valence-corrected chi connectivity index (χ4v) is 3.99. The normalized spacial score (nSPS) is 17.0. The zero-order chi connectivity index (χ0) is 20.1. The Bertz CT molecular complexity index is 1250. The van der Waals surface area contributed by atoms with Crippen molar-refractivity contribution in [3.05, 3.63) is 36.4 Å². The van der Waals surface area contributed by atoms with Gasteiger partial charge >= 0.3 is 0 Å². The second-order valence-electron chi connectivity index (χ2n) is 7.98. The summed E-state index contributed by atoms with van der Waals surface area (Å²) in [6.45, 7) is 3.29. The molecular formula is C22H22N6O2. The smallest absolute Gasteiger partial charge is 0.227 e. The maximum Gasteiger partial charge on any atom is 0.227 e. The lowest BCUT2D eigenvalue weighted by atomic mass is 10.1. The number of nitrogens with one attached hydrogen (secondary N) is 3. The molecule has 1 saturated carbocycles. The highest BCUT2D eigenvalue weighted by Crippen LogP contribution is 2.32. The van der Waals surface area contributed by atoms with Crippen LogP contribution < -0.4 is 10.2 Å². The van der Waals surface area contributed by atoms with E-state index in [0.717, 1.165) is 78.1 Å². The molecule has 2 aromatic heterocycles. The summed E-state index contributed by atoms with van der Waals surface area (Å²) in [5.41, 5.74) is 5.47. The number of carbonyl (C=O) groups is 1. The fraction of sp³-hybridized carbons (Fsp3) is 0.318. The molecule has 152 valence electrons. The largest absolute Gasteiger partial charge is 0.378 e. The highest BCUT2D eigenvalue weighted by molar-refractivity contribution is 5.99. The van der Waals surface area contributed by atoms with Crippen molar-refractivity contribution in [2.24, 2.45) is 5.92 Å². The number of H-pyrrole nitrogens is 2. The van der Waals surface area contributed by atoms with Crippen molar-refractivity contribution in [3.8, 4) is 11.5 Å². The quantitative estimate of drug-likeness (QED) is 0.487. The van der Waals surface area contributed by atoms with E-state index in [-0.39, 0.29) is 11.8 Å². The average molecular weight is 402 g/mol. The monoisotopic (exact) mass is 402 g/mol. The van der Waals surface area contributed by atoms with Gasteiger partial charge in [0.15, 0.2) is 5.82 Å². The number of carbonyl (C=O) groups excluding carboxylic acids is 1. The van der Waals surface area contributed by atoms with Crippen molar-refractivity contribution in [2.75, 3.05) is 36.5 Å². The lowest BCUT2D eigenvalue weighted by Crippen LogP contribution is -2.36. The molecule has 0 atom stereocenters. The molecule has 1 aliphatic carbocycles. The molecule has 4 aromatic rings. The summed E-state index contributed by atoms with van der Waals surface area (Å²) in [7, 11) is 0. The molecule has 2 aliphatic rings. The predicted molar refractivity (Wildman–Crippen MR) is 116 cm³/mol. The fourth-order valence-electron chi connectivity index (χ4n) is 3.99. The predicted octanol–water partition coefficient (Wildman–Crippen LogP) is 3.29. The van der Waals surface area contributed by atoms with Crippen molar-refractivity contribution in [3.63, 3.8) is 0 Å². The highest BCUT2D eigenvalue weighted by atomic mass is 16.5. The van der Waals surface area contributed by atoms with Gasteiger partial charge in [-0.2, -0.15) is 5.10 Å². The average Bonchev–Trinajstić information content (AvgIpc) is 3.42. The van der Waals surface area contributed by atoms with Crippen LogP contribution in [0.3, 0.4) is 0 Å². The standard InChI is InChI=1S/C22H22N6O2/c29-22(13-1-2-13)23-14-3-5-17-16(11-14)20(27-26-17)21-24-18-6-4-15(12-19(18)25-21)28-7-9-30-10-8-28/h3-6,11-13H,1-2,7-10H2,(H,23,29)(H,24,25)(H,26,27). The summed E-state index contributed by atoms with van der Waals surface area (Å²) in [4.78, 5) is 22.6. The summed E-state index contributed by atoms with van der Waals surface area (Å²) in [6, 6.07) is 12.1. The number of imidazole rings is 1. The summed E-state index contributed by atoms with van der Waals surface area (Å²) in [5.74, 6) is 0.973. The van der Waals surface area contributed by atoms with E-state index in [1.807, 2.05) is 18.2 Å². The van der Waals surface area contributed by atoms with Crippen LogP contribution in [0.4, 0.5) is 11.4 Å². The molecule has 8 heteroatoms. The molecule has 2 fully saturated rings. The van der Waals surface area contributed by atoms with Gasteiger partial charge in [-0.15, -0.1) is 0 Å². The first-order valence-electron chi connectivity index (χ1n) is 10.4. The summed E-state index contributed by atoms with van der Waals surface area (Å²) < 4.78 is 5.45. The van der Waals surface area contributed by atoms with E-state index >= 15 is 0 Å². The summed E-state index contributed by atoms with van der Waals surface area (Å²) in [6.07, 6.45) is 1.97. The van der Waals surface area contributed by atoms with Gasteiger partial charge in [0.05, 0.1) is 29.8 Å². The lowest BCUT2D eigenvalue weighted by molar-refractivity contribution is -0.117. The molecule has 6 rings (SSSR count). The molecule has 2 aromatic carbocycles. The van der Waals surface area contributed by atoms with Crippen LogP contribution in [-0.2, 0) is 9.53 Å². The first-order chi connectivity index (χ1) is 14.7. The van der Waals surface area contributed by atoms with Crippen LogP contribution in [0, 0.1) is 5.92 Å². The van der Waals surface area contributed by atoms with E-state index in [9.17, 15) is 4.79 Å². The SMILES string of the molecule is O=C(Nc1ccc2[nH]nc(-c3nc4cc(N5CCOCC5)ccc4[nH]3)c2c1)C1CC1. The Morgan fingerprint density at radius 3 is 2.77 bits per heavy atom. The van der Waals surface area contributed by atoms with Crippen molar-refractivity contribution in [2.45, 2.75) is 12.8 Å². The summed E-state index contributed by atoms with van der Waals surface area (Å²) >= 11 is 0. The number of hydrogen-bond acceptors (Lipinski definition) is 5. The highest BCUT2D eigenvalue weighted by Gasteiger charge is 2.29. The minimum atomic E-state index is 0.0961. The second-order valence-corrected chi connectivity index (χ2v) is 7.98. The van der Waals surface area contributed by atoms with Gasteiger partial charge < -0.3 is 19.9 Å². The van der Waals surface area contributed by atoms with E-state index in [2.05, 4.69) is 43.6 Å². The van der Waals surface area contributed by atoms with Gasteiger partial charge in [-0.25, -0.2) is 4.98 Å². The van der Waals surface area contributed by atoms with Crippen LogP contribution in [0.1, 0.15) is 12.8 Å². The Hall–Kier alpha value is -3.39. The molecule has 1 aliphatic heterocycles. The van der Waals surface area contributed by atoms with Gasteiger partial charge in [0.25, 0.3) is 0 Å². The van der Waals surface area contributed by atoms with Gasteiger partial charge in [0.1, 0.15) is 5.69 Å². The molecule has 1 saturated heterocycles. The maximum absolute atomic E-state index is 12.1. The van der Waals surface area contributed by atoms with E-state index in [4.69, 9.17) is 9.72 Å². The third kappa shape index (κ3) is 3.09. The Labute approximate surface area is 172 Å². The molecule has 8 nitrogen and oxygen atoms in total. The van der Waals surface area contributed by atoms with E-state index in [1.165, 1.54) is 0 Å². The lowest BCUT2D eigenvalue weighted by Gasteiger charge is -2.28. The van der Waals surface area contributed by atoms with E-state index < -0.39 is 0 Å². The number of ether oxygens (including phenoxy) is 1. The second kappa shape index (κ2) is 6.84. The van der Waals surface area contributed by atoms with Gasteiger partial charge in [-0.1, -0.05) is 0 Å². The van der Waals surface area contributed by atoms with Crippen LogP contribution in [0.5, 0.6) is 0 Å². The Morgan fingerprint density at radius 1 is 1.10 bits per heavy atom. The number of hydrogen-bond donors (Lipinski definition) is 3. The molecule has 0 unspecified atom stereocenters. The van der Waals surface area contributed by atoms with Crippen molar-refractivity contribution < 1.29 is 9.53 Å².